The molecule has 3 nitrogen and oxygen atoms in total. The second-order valence-electron chi connectivity index (χ2n) is 12.3. The summed E-state index contributed by atoms with van der Waals surface area (Å²) in [6, 6.07) is 16.3. The van der Waals surface area contributed by atoms with Crippen LogP contribution in [-0.2, 0) is 32.4 Å². The molecule has 2 aromatic heterocycles. The van der Waals surface area contributed by atoms with E-state index in [0.717, 1.165) is 26.1 Å². The fourth-order valence-corrected chi connectivity index (χ4v) is 5.51. The maximum Gasteiger partial charge on any atom is 0.169 e. The van der Waals surface area contributed by atoms with Crippen LogP contribution in [0.15, 0.2) is 96.0 Å². The molecule has 0 aliphatic rings. The molecular weight excluding hydrogens is 522 g/mol. The Morgan fingerprint density at radius 2 is 1.07 bits per heavy atom. The van der Waals surface area contributed by atoms with Gasteiger partial charge < -0.3 is 0 Å². The minimum absolute atomic E-state index is 0.923. The molecule has 0 fully saturated rings. The SMILES string of the molecule is C/C=C\C(C)=C/C=NCCCCCc1cc(CCCCC[n+]2ccc(C)cc2)cc(CCCCC[n+]2ccc(C)cc2)c1. The van der Waals surface area contributed by atoms with E-state index >= 15 is 0 Å². The third-order valence-electron chi connectivity index (χ3n) is 8.12. The van der Waals surface area contributed by atoms with Crippen molar-refractivity contribution >= 4 is 6.21 Å². The van der Waals surface area contributed by atoms with Gasteiger partial charge in [-0.2, -0.15) is 0 Å². The topological polar surface area (TPSA) is 20.1 Å². The summed E-state index contributed by atoms with van der Waals surface area (Å²) in [6.07, 6.45) is 31.9. The van der Waals surface area contributed by atoms with Crippen molar-refractivity contribution in [2.45, 2.75) is 118 Å². The average molecular weight is 580 g/mol. The Bertz CT molecular complexity index is 1190. The minimum atomic E-state index is 0.923. The number of nitrogens with zero attached hydrogens (tertiary/aromatic N) is 3. The normalized spacial score (nSPS) is 12.1. The fraction of sp³-hybridized carbons (Fsp3) is 0.475. The molecule has 0 bridgehead atoms. The zero-order valence-electron chi connectivity index (χ0n) is 27.6. The van der Waals surface area contributed by atoms with Crippen LogP contribution in [0.25, 0.3) is 0 Å². The Morgan fingerprint density at radius 3 is 1.51 bits per heavy atom. The summed E-state index contributed by atoms with van der Waals surface area (Å²) in [6.45, 7) is 11.6. The first kappa shape index (κ1) is 34.2. The van der Waals surface area contributed by atoms with E-state index in [9.17, 15) is 0 Å². The molecule has 0 saturated carbocycles. The Kier molecular flexibility index (Phi) is 16.3. The second-order valence-corrected chi connectivity index (χ2v) is 12.3. The van der Waals surface area contributed by atoms with Gasteiger partial charge in [-0.3, -0.25) is 4.99 Å². The molecule has 0 radical (unpaired) electrons. The van der Waals surface area contributed by atoms with Gasteiger partial charge in [-0.15, -0.1) is 0 Å². The lowest BCUT2D eigenvalue weighted by molar-refractivity contribution is -0.697. The van der Waals surface area contributed by atoms with Crippen LogP contribution in [0.5, 0.6) is 0 Å². The lowest BCUT2D eigenvalue weighted by Gasteiger charge is -2.11. The molecule has 0 N–H and O–H groups in total. The van der Waals surface area contributed by atoms with Gasteiger partial charge in [0.1, 0.15) is 13.1 Å². The number of allylic oxidation sites excluding steroid dienone is 4. The summed E-state index contributed by atoms with van der Waals surface area (Å²) in [5.41, 5.74) is 8.52. The van der Waals surface area contributed by atoms with Crippen LogP contribution in [0, 0.1) is 13.8 Å². The number of hydrogen-bond acceptors (Lipinski definition) is 1. The first-order chi connectivity index (χ1) is 21.0. The highest BCUT2D eigenvalue weighted by atomic mass is 14.9. The standard InChI is InChI=1S/C40H57N3/c1-5-15-35(2)19-25-41-24-12-6-9-16-38-32-39(17-10-7-13-26-42-28-20-36(3)21-29-42)34-40(33-38)18-11-8-14-27-43-30-22-37(4)23-31-43/h5,15,19-23,25,28-34H,6-14,16-18,24,26-27H2,1-4H3/q+2/b15-5-,35-19-,41-25?. The first-order valence-corrected chi connectivity index (χ1v) is 16.8. The van der Waals surface area contributed by atoms with Crippen LogP contribution in [0.2, 0.25) is 0 Å². The maximum absolute atomic E-state index is 4.57. The maximum atomic E-state index is 4.57. The van der Waals surface area contributed by atoms with E-state index in [0.29, 0.717) is 0 Å². The summed E-state index contributed by atoms with van der Waals surface area (Å²) in [5, 5.41) is 0. The zero-order chi connectivity index (χ0) is 30.5. The molecule has 0 amide bonds. The van der Waals surface area contributed by atoms with Crippen LogP contribution >= 0.6 is 0 Å². The largest absolute Gasteiger partial charge is 0.293 e. The average Bonchev–Trinajstić information content (AvgIpc) is 3.00. The van der Waals surface area contributed by atoms with Crippen molar-refractivity contribution in [3.05, 3.63) is 119 Å². The molecular formula is C40H57N3+2. The molecule has 0 aliphatic carbocycles. The predicted octanol–water partition coefficient (Wildman–Crippen LogP) is 9.01. The van der Waals surface area contributed by atoms with Gasteiger partial charge in [-0.05, 0) is 125 Å². The number of unbranched alkanes of at least 4 members (excludes halogenated alkanes) is 6. The van der Waals surface area contributed by atoms with E-state index in [4.69, 9.17) is 0 Å². The van der Waals surface area contributed by atoms with E-state index in [2.05, 4.69) is 120 Å². The highest BCUT2D eigenvalue weighted by molar-refractivity contribution is 5.72. The smallest absolute Gasteiger partial charge is 0.169 e. The summed E-state index contributed by atoms with van der Waals surface area (Å²) in [5.74, 6) is 0. The predicted molar refractivity (Wildman–Crippen MR) is 184 cm³/mol. The third-order valence-corrected chi connectivity index (χ3v) is 8.12. The van der Waals surface area contributed by atoms with Crippen LogP contribution < -0.4 is 9.13 Å². The molecule has 2 heterocycles. The molecule has 0 aliphatic heterocycles. The van der Waals surface area contributed by atoms with Gasteiger partial charge in [0.25, 0.3) is 0 Å². The highest BCUT2D eigenvalue weighted by Gasteiger charge is 2.06. The number of aromatic nitrogens is 2. The van der Waals surface area contributed by atoms with Crippen molar-refractivity contribution in [2.75, 3.05) is 6.54 Å². The van der Waals surface area contributed by atoms with Crippen molar-refractivity contribution in [1.29, 1.82) is 0 Å². The Balaban J connectivity index is 1.45. The van der Waals surface area contributed by atoms with Crippen molar-refractivity contribution < 1.29 is 9.13 Å². The van der Waals surface area contributed by atoms with Crippen molar-refractivity contribution in [3.8, 4) is 0 Å². The Morgan fingerprint density at radius 1 is 0.628 bits per heavy atom. The number of hydrogen-bond donors (Lipinski definition) is 0. The van der Waals surface area contributed by atoms with Gasteiger partial charge in [-0.1, -0.05) is 36.8 Å². The number of aliphatic imine (C=N–C) groups is 1. The Labute approximate surface area is 263 Å². The second kappa shape index (κ2) is 20.6. The highest BCUT2D eigenvalue weighted by Crippen LogP contribution is 2.18. The molecule has 0 unspecified atom stereocenters. The van der Waals surface area contributed by atoms with Crippen LogP contribution in [0.1, 0.15) is 99.5 Å². The summed E-state index contributed by atoms with van der Waals surface area (Å²) < 4.78 is 4.63. The quantitative estimate of drug-likeness (QED) is 0.0551. The molecule has 0 spiro atoms. The van der Waals surface area contributed by atoms with Gasteiger partial charge in [-0.25, -0.2) is 9.13 Å². The van der Waals surface area contributed by atoms with Gasteiger partial charge in [0.2, 0.25) is 0 Å². The lowest BCUT2D eigenvalue weighted by Crippen LogP contribution is -2.32. The van der Waals surface area contributed by atoms with Gasteiger partial charge >= 0.3 is 0 Å². The number of benzene rings is 1. The molecule has 43 heavy (non-hydrogen) atoms. The van der Waals surface area contributed by atoms with Crippen molar-refractivity contribution in [3.63, 3.8) is 0 Å². The van der Waals surface area contributed by atoms with E-state index in [1.54, 1.807) is 11.1 Å². The van der Waals surface area contributed by atoms with E-state index in [1.165, 1.54) is 92.9 Å². The summed E-state index contributed by atoms with van der Waals surface area (Å²) in [7, 11) is 0. The first-order valence-electron chi connectivity index (χ1n) is 16.8. The minimum Gasteiger partial charge on any atom is -0.293 e. The molecule has 230 valence electrons. The Hall–Kier alpha value is -3.33. The summed E-state index contributed by atoms with van der Waals surface area (Å²) in [4.78, 5) is 4.57. The fourth-order valence-electron chi connectivity index (χ4n) is 5.51. The van der Waals surface area contributed by atoms with Crippen LogP contribution in [-0.4, -0.2) is 12.8 Å². The van der Waals surface area contributed by atoms with Gasteiger partial charge in [0, 0.05) is 49.9 Å². The molecule has 3 aromatic rings. The van der Waals surface area contributed by atoms with Crippen LogP contribution in [0.3, 0.4) is 0 Å². The third kappa shape index (κ3) is 15.1. The molecule has 0 saturated heterocycles. The summed E-state index contributed by atoms with van der Waals surface area (Å²) >= 11 is 0. The van der Waals surface area contributed by atoms with Crippen molar-refractivity contribution in [1.82, 2.24) is 0 Å². The van der Waals surface area contributed by atoms with E-state index in [1.807, 2.05) is 13.1 Å². The molecule has 3 heteroatoms. The monoisotopic (exact) mass is 579 g/mol. The number of aryl methyl sites for hydroxylation is 7. The van der Waals surface area contributed by atoms with Gasteiger partial charge in [0.05, 0.1) is 0 Å². The molecule has 0 atom stereocenters. The van der Waals surface area contributed by atoms with E-state index < -0.39 is 0 Å². The van der Waals surface area contributed by atoms with Gasteiger partial charge in [0.15, 0.2) is 24.8 Å². The number of rotatable bonds is 20. The van der Waals surface area contributed by atoms with E-state index in [-0.39, 0.29) is 0 Å². The zero-order valence-corrected chi connectivity index (χ0v) is 27.6. The lowest BCUT2D eigenvalue weighted by atomic mass is 9.95. The van der Waals surface area contributed by atoms with Crippen molar-refractivity contribution in [2.24, 2.45) is 4.99 Å². The number of pyridine rings is 2. The van der Waals surface area contributed by atoms with Crippen LogP contribution in [0.4, 0.5) is 0 Å². The molecule has 3 rings (SSSR count). The molecule has 1 aromatic carbocycles.